The van der Waals surface area contributed by atoms with Crippen LogP contribution in [-0.2, 0) is 0 Å². The van der Waals surface area contributed by atoms with E-state index in [0.717, 1.165) is 37.0 Å². The highest BCUT2D eigenvalue weighted by atomic mass is 19.1. The minimum atomic E-state index is -0.813. The van der Waals surface area contributed by atoms with Crippen molar-refractivity contribution >= 4 is 0 Å². The van der Waals surface area contributed by atoms with Gasteiger partial charge in [0, 0.05) is 12.1 Å². The Hall–Kier alpha value is -0.110. The lowest BCUT2D eigenvalue weighted by atomic mass is 9.76. The van der Waals surface area contributed by atoms with Crippen LogP contribution in [0.25, 0.3) is 0 Å². The smallest absolute Gasteiger partial charge is 0.114 e. The number of alkyl halides is 1. The van der Waals surface area contributed by atoms with Gasteiger partial charge in [-0.05, 0) is 69.1 Å². The van der Waals surface area contributed by atoms with Crippen molar-refractivity contribution in [2.75, 3.05) is 0 Å². The van der Waals surface area contributed by atoms with Gasteiger partial charge in [0.1, 0.15) is 5.67 Å². The largest absolute Gasteiger partial charge is 0.311 e. The molecule has 2 saturated carbocycles. The Labute approximate surface area is 104 Å². The Morgan fingerprint density at radius 3 is 2.35 bits per heavy atom. The van der Waals surface area contributed by atoms with Crippen LogP contribution in [0.2, 0.25) is 0 Å². The van der Waals surface area contributed by atoms with E-state index in [2.05, 4.69) is 5.32 Å². The van der Waals surface area contributed by atoms with Gasteiger partial charge in [-0.1, -0.05) is 6.42 Å². The summed E-state index contributed by atoms with van der Waals surface area (Å²) in [6.45, 7) is 0. The molecule has 1 nitrogen and oxygen atoms in total. The molecule has 0 aromatic rings. The monoisotopic (exact) mass is 237 g/mol. The summed E-state index contributed by atoms with van der Waals surface area (Å²) in [6.07, 6.45) is 10.5. The van der Waals surface area contributed by atoms with E-state index >= 15 is 4.39 Å². The van der Waals surface area contributed by atoms with E-state index in [1.165, 1.54) is 38.5 Å². The fourth-order valence-electron chi connectivity index (χ4n) is 5.45. The summed E-state index contributed by atoms with van der Waals surface area (Å²) in [7, 11) is 0. The Kier molecular flexibility index (Phi) is 2.34. The number of piperidine rings is 1. The van der Waals surface area contributed by atoms with Crippen molar-refractivity contribution in [2.45, 2.75) is 75.5 Å². The van der Waals surface area contributed by atoms with Crippen molar-refractivity contribution in [1.82, 2.24) is 5.32 Å². The molecule has 96 valence electrons. The quantitative estimate of drug-likeness (QED) is 0.776. The minimum absolute atomic E-state index is 0.498. The second-order valence-electron chi connectivity index (χ2n) is 7.34. The van der Waals surface area contributed by atoms with Crippen LogP contribution < -0.4 is 5.32 Å². The Balaban J connectivity index is 1.44. The maximum atomic E-state index is 15.0. The second kappa shape index (κ2) is 3.69. The molecule has 5 atom stereocenters. The van der Waals surface area contributed by atoms with Crippen LogP contribution in [-0.4, -0.2) is 17.8 Å². The first-order valence-corrected chi connectivity index (χ1v) is 7.65. The van der Waals surface area contributed by atoms with Crippen LogP contribution in [0.1, 0.15) is 57.8 Å². The van der Waals surface area contributed by atoms with Gasteiger partial charge >= 0.3 is 0 Å². The normalized spacial score (nSPS) is 56.6. The SMILES string of the molecule is FC1(CC2CC3CCC2C3)CC2CCC(C1)N2. The zero-order chi connectivity index (χ0) is 11.5. The number of rotatable bonds is 2. The average molecular weight is 237 g/mol. The van der Waals surface area contributed by atoms with Crippen LogP contribution in [0, 0.1) is 17.8 Å². The van der Waals surface area contributed by atoms with Crippen LogP contribution >= 0.6 is 0 Å². The predicted octanol–water partition coefficient (Wildman–Crippen LogP) is 3.44. The van der Waals surface area contributed by atoms with Gasteiger partial charge in [0.25, 0.3) is 0 Å². The van der Waals surface area contributed by atoms with Crippen LogP contribution in [0.15, 0.2) is 0 Å². The first kappa shape index (κ1) is 10.8. The molecule has 2 saturated heterocycles. The van der Waals surface area contributed by atoms with Crippen LogP contribution in [0.4, 0.5) is 4.39 Å². The Bertz CT molecular complexity index is 304. The highest BCUT2D eigenvalue weighted by Crippen LogP contribution is 2.53. The van der Waals surface area contributed by atoms with Crippen molar-refractivity contribution in [3.05, 3.63) is 0 Å². The number of nitrogens with one attached hydrogen (secondary N) is 1. The molecular weight excluding hydrogens is 213 g/mol. The predicted molar refractivity (Wildman–Crippen MR) is 66.6 cm³/mol. The van der Waals surface area contributed by atoms with Crippen LogP contribution in [0.5, 0.6) is 0 Å². The zero-order valence-corrected chi connectivity index (χ0v) is 10.6. The van der Waals surface area contributed by atoms with Gasteiger partial charge in [0.05, 0.1) is 0 Å². The highest BCUT2D eigenvalue weighted by Gasteiger charge is 2.48. The molecule has 0 radical (unpaired) electrons. The lowest BCUT2D eigenvalue weighted by Gasteiger charge is -2.38. The highest BCUT2D eigenvalue weighted by molar-refractivity contribution is 5.03. The van der Waals surface area contributed by atoms with E-state index in [9.17, 15) is 0 Å². The minimum Gasteiger partial charge on any atom is -0.311 e. The van der Waals surface area contributed by atoms with Gasteiger partial charge in [-0.3, -0.25) is 0 Å². The summed E-state index contributed by atoms with van der Waals surface area (Å²) in [4.78, 5) is 0. The van der Waals surface area contributed by atoms with Gasteiger partial charge < -0.3 is 5.32 Å². The Morgan fingerprint density at radius 2 is 1.76 bits per heavy atom. The van der Waals surface area contributed by atoms with Crippen molar-refractivity contribution in [1.29, 1.82) is 0 Å². The molecule has 2 aliphatic carbocycles. The summed E-state index contributed by atoms with van der Waals surface area (Å²) in [5, 5.41) is 3.56. The van der Waals surface area contributed by atoms with Crippen molar-refractivity contribution in [3.8, 4) is 0 Å². The number of hydrogen-bond acceptors (Lipinski definition) is 1. The van der Waals surface area contributed by atoms with E-state index in [4.69, 9.17) is 0 Å². The van der Waals surface area contributed by atoms with Crippen LogP contribution in [0.3, 0.4) is 0 Å². The maximum absolute atomic E-state index is 15.0. The van der Waals surface area contributed by atoms with Crippen molar-refractivity contribution < 1.29 is 4.39 Å². The summed E-state index contributed by atoms with van der Waals surface area (Å²) < 4.78 is 15.0. The summed E-state index contributed by atoms with van der Waals surface area (Å²) in [6, 6.07) is 0.995. The molecule has 4 rings (SSSR count). The third kappa shape index (κ3) is 1.83. The van der Waals surface area contributed by atoms with E-state index in [0.29, 0.717) is 12.1 Å². The van der Waals surface area contributed by atoms with Gasteiger partial charge in [-0.2, -0.15) is 0 Å². The molecule has 2 heterocycles. The van der Waals surface area contributed by atoms with Gasteiger partial charge in [0.15, 0.2) is 0 Å². The molecule has 4 fully saturated rings. The summed E-state index contributed by atoms with van der Waals surface area (Å²) >= 11 is 0. The zero-order valence-electron chi connectivity index (χ0n) is 10.6. The third-order valence-corrected chi connectivity index (χ3v) is 6.07. The van der Waals surface area contributed by atoms with Gasteiger partial charge in [-0.25, -0.2) is 4.39 Å². The lowest BCUT2D eigenvalue weighted by molar-refractivity contribution is 0.0497. The molecule has 17 heavy (non-hydrogen) atoms. The van der Waals surface area contributed by atoms with Crippen molar-refractivity contribution in [3.63, 3.8) is 0 Å². The fraction of sp³-hybridized carbons (Fsp3) is 1.00. The molecule has 2 heteroatoms. The molecule has 4 aliphatic rings. The van der Waals surface area contributed by atoms with E-state index in [-0.39, 0.29) is 0 Å². The molecule has 0 aromatic carbocycles. The van der Waals surface area contributed by atoms with E-state index < -0.39 is 5.67 Å². The average Bonchev–Trinajstić information content (AvgIpc) is 2.93. The number of hydrogen-bond donors (Lipinski definition) is 1. The molecule has 0 aromatic heterocycles. The maximum Gasteiger partial charge on any atom is 0.114 e. The molecule has 2 aliphatic heterocycles. The first-order valence-electron chi connectivity index (χ1n) is 7.65. The van der Waals surface area contributed by atoms with E-state index in [1.54, 1.807) is 0 Å². The molecule has 1 N–H and O–H groups in total. The third-order valence-electron chi connectivity index (χ3n) is 6.07. The topological polar surface area (TPSA) is 12.0 Å². The fourth-order valence-corrected chi connectivity index (χ4v) is 5.45. The van der Waals surface area contributed by atoms with Crippen molar-refractivity contribution in [2.24, 2.45) is 17.8 Å². The molecule has 4 bridgehead atoms. The standard InChI is InChI=1S/C15H24FN/c16-15(8-13-3-4-14(9-15)17-13)7-12-6-10-1-2-11(12)5-10/h10-14,17H,1-9H2. The molecular formula is C15H24FN. The molecule has 5 unspecified atom stereocenters. The molecule has 0 amide bonds. The number of halogens is 1. The summed E-state index contributed by atoms with van der Waals surface area (Å²) in [5.74, 6) is 2.59. The first-order chi connectivity index (χ1) is 8.20. The lowest BCUT2D eigenvalue weighted by Crippen LogP contribution is -2.47. The Morgan fingerprint density at radius 1 is 1.00 bits per heavy atom. The van der Waals surface area contributed by atoms with Gasteiger partial charge in [0.2, 0.25) is 0 Å². The second-order valence-corrected chi connectivity index (χ2v) is 7.34. The number of fused-ring (bicyclic) bond motifs is 4. The van der Waals surface area contributed by atoms with E-state index in [1.807, 2.05) is 0 Å². The summed E-state index contributed by atoms with van der Waals surface area (Å²) in [5.41, 5.74) is -0.813. The molecule has 0 spiro atoms. The van der Waals surface area contributed by atoms with Gasteiger partial charge in [-0.15, -0.1) is 0 Å².